The molecule has 0 spiro atoms. The maximum absolute atomic E-state index is 11.6. The third-order valence-corrected chi connectivity index (χ3v) is 2.47. The summed E-state index contributed by atoms with van der Waals surface area (Å²) in [7, 11) is 0. The van der Waals surface area contributed by atoms with Crippen LogP contribution >= 0.6 is 11.6 Å². The van der Waals surface area contributed by atoms with Gasteiger partial charge in [0, 0.05) is 10.6 Å². The van der Waals surface area contributed by atoms with Gasteiger partial charge in [0.05, 0.1) is 6.42 Å². The van der Waals surface area contributed by atoms with Crippen molar-refractivity contribution in [1.29, 1.82) is 0 Å². The van der Waals surface area contributed by atoms with Crippen LogP contribution in [0.5, 0.6) is 5.75 Å². The van der Waals surface area contributed by atoms with Gasteiger partial charge in [0.15, 0.2) is 6.61 Å². The van der Waals surface area contributed by atoms with Crippen LogP contribution in [0.4, 0.5) is 0 Å². The fraction of sp³-hybridized carbons (Fsp3) is 0.385. The van der Waals surface area contributed by atoms with Gasteiger partial charge < -0.3 is 15.2 Å². The molecule has 0 atom stereocenters. The third-order valence-electron chi connectivity index (χ3n) is 2.24. The molecule has 104 valence electrons. The van der Waals surface area contributed by atoms with Gasteiger partial charge >= 0.3 is 5.97 Å². The summed E-state index contributed by atoms with van der Waals surface area (Å²) in [5.41, 5.74) is -0.819. The van der Waals surface area contributed by atoms with Crippen LogP contribution < -0.4 is 10.1 Å². The number of carbonyl (C=O) groups is 2. The van der Waals surface area contributed by atoms with Gasteiger partial charge in [0.2, 0.25) is 0 Å². The third kappa shape index (κ3) is 6.10. The molecule has 1 aromatic carbocycles. The van der Waals surface area contributed by atoms with E-state index in [2.05, 4.69) is 5.32 Å². The molecule has 0 aromatic heterocycles. The summed E-state index contributed by atoms with van der Waals surface area (Å²) in [6.45, 7) is 3.08. The molecule has 6 heteroatoms. The van der Waals surface area contributed by atoms with E-state index >= 15 is 0 Å². The Hall–Kier alpha value is -1.75. The van der Waals surface area contributed by atoms with Crippen molar-refractivity contribution in [2.75, 3.05) is 6.61 Å². The normalized spacial score (nSPS) is 10.9. The zero-order chi connectivity index (χ0) is 14.5. The van der Waals surface area contributed by atoms with Gasteiger partial charge in [0.1, 0.15) is 5.75 Å². The minimum absolute atomic E-state index is 0.157. The summed E-state index contributed by atoms with van der Waals surface area (Å²) < 4.78 is 5.26. The maximum Gasteiger partial charge on any atom is 0.305 e. The molecule has 0 saturated heterocycles. The molecule has 1 amide bonds. The van der Waals surface area contributed by atoms with Gasteiger partial charge in [-0.05, 0) is 32.0 Å². The zero-order valence-electron chi connectivity index (χ0n) is 10.8. The van der Waals surface area contributed by atoms with Crippen LogP contribution in [0.2, 0.25) is 5.02 Å². The molecule has 1 aromatic rings. The lowest BCUT2D eigenvalue weighted by atomic mass is 10.0. The highest BCUT2D eigenvalue weighted by Crippen LogP contribution is 2.17. The molecule has 2 N–H and O–H groups in total. The number of hydrogen-bond acceptors (Lipinski definition) is 3. The maximum atomic E-state index is 11.6. The van der Waals surface area contributed by atoms with E-state index in [0.717, 1.165) is 0 Å². The number of hydrogen-bond donors (Lipinski definition) is 2. The average Bonchev–Trinajstić information content (AvgIpc) is 2.24. The lowest BCUT2D eigenvalue weighted by Crippen LogP contribution is -2.46. The van der Waals surface area contributed by atoms with Gasteiger partial charge in [-0.2, -0.15) is 0 Å². The van der Waals surface area contributed by atoms with Crippen molar-refractivity contribution in [2.24, 2.45) is 0 Å². The smallest absolute Gasteiger partial charge is 0.305 e. The number of aliphatic carboxylic acids is 1. The van der Waals surface area contributed by atoms with Crippen LogP contribution in [0, 0.1) is 0 Å². The highest BCUT2D eigenvalue weighted by atomic mass is 35.5. The fourth-order valence-corrected chi connectivity index (χ4v) is 1.72. The lowest BCUT2D eigenvalue weighted by molar-refractivity contribution is -0.138. The van der Waals surface area contributed by atoms with Crippen molar-refractivity contribution >= 4 is 23.5 Å². The molecule has 5 nitrogen and oxygen atoms in total. The molecule has 0 saturated carbocycles. The Kier molecular flexibility index (Phi) is 5.18. The summed E-state index contributed by atoms with van der Waals surface area (Å²) in [5, 5.41) is 11.8. The van der Waals surface area contributed by atoms with E-state index in [1.54, 1.807) is 38.1 Å². The van der Waals surface area contributed by atoms with Crippen molar-refractivity contribution in [3.63, 3.8) is 0 Å². The van der Waals surface area contributed by atoms with Crippen molar-refractivity contribution in [3.8, 4) is 5.75 Å². The lowest BCUT2D eigenvalue weighted by Gasteiger charge is -2.24. The van der Waals surface area contributed by atoms with Crippen molar-refractivity contribution in [2.45, 2.75) is 25.8 Å². The Morgan fingerprint density at radius 1 is 1.42 bits per heavy atom. The van der Waals surface area contributed by atoms with Crippen LogP contribution in [0.3, 0.4) is 0 Å². The van der Waals surface area contributed by atoms with Crippen LogP contribution in [0.1, 0.15) is 20.3 Å². The largest absolute Gasteiger partial charge is 0.484 e. The average molecular weight is 286 g/mol. The summed E-state index contributed by atoms with van der Waals surface area (Å²) in [6.07, 6.45) is -0.157. The van der Waals surface area contributed by atoms with Crippen molar-refractivity contribution in [3.05, 3.63) is 29.3 Å². The number of halogens is 1. The van der Waals surface area contributed by atoms with E-state index in [9.17, 15) is 9.59 Å². The minimum atomic E-state index is -0.971. The molecule has 0 aliphatic heterocycles. The second-order valence-electron chi connectivity index (χ2n) is 4.75. The van der Waals surface area contributed by atoms with Gasteiger partial charge in [-0.25, -0.2) is 0 Å². The highest BCUT2D eigenvalue weighted by molar-refractivity contribution is 6.30. The highest BCUT2D eigenvalue weighted by Gasteiger charge is 2.23. The first-order valence-corrected chi connectivity index (χ1v) is 6.07. The van der Waals surface area contributed by atoms with E-state index in [4.69, 9.17) is 21.4 Å². The summed E-state index contributed by atoms with van der Waals surface area (Å²) in [6, 6.07) is 6.69. The predicted molar refractivity (Wildman–Crippen MR) is 71.4 cm³/mol. The summed E-state index contributed by atoms with van der Waals surface area (Å²) in [5.74, 6) is -0.869. The number of benzene rings is 1. The minimum Gasteiger partial charge on any atom is -0.484 e. The molecule has 0 unspecified atom stereocenters. The SMILES string of the molecule is CC(C)(CC(=O)O)NC(=O)COc1cccc(Cl)c1. The number of nitrogens with one attached hydrogen (secondary N) is 1. The van der Waals surface area contributed by atoms with Gasteiger partial charge in [-0.15, -0.1) is 0 Å². The molecule has 0 aliphatic rings. The summed E-state index contributed by atoms with van der Waals surface area (Å²) in [4.78, 5) is 22.3. The molecule has 0 heterocycles. The quantitative estimate of drug-likeness (QED) is 0.839. The van der Waals surface area contributed by atoms with Gasteiger partial charge in [-0.3, -0.25) is 9.59 Å². The first kappa shape index (κ1) is 15.3. The molecule has 1 rings (SSSR count). The van der Waals surface area contributed by atoms with Crippen LogP contribution in [-0.2, 0) is 9.59 Å². The van der Waals surface area contributed by atoms with Gasteiger partial charge in [0.25, 0.3) is 5.91 Å². The first-order valence-electron chi connectivity index (χ1n) is 5.70. The fourth-order valence-electron chi connectivity index (χ4n) is 1.54. The number of carbonyl (C=O) groups excluding carboxylic acids is 1. The Morgan fingerprint density at radius 3 is 2.68 bits per heavy atom. The van der Waals surface area contributed by atoms with Crippen molar-refractivity contribution < 1.29 is 19.4 Å². The number of ether oxygens (including phenoxy) is 1. The van der Waals surface area contributed by atoms with Crippen molar-refractivity contribution in [1.82, 2.24) is 5.32 Å². The molecular weight excluding hydrogens is 270 g/mol. The Bertz CT molecular complexity index is 473. The van der Waals surface area contributed by atoms with Crippen LogP contribution in [-0.4, -0.2) is 29.1 Å². The first-order chi connectivity index (χ1) is 8.78. The van der Waals surface area contributed by atoms with E-state index in [-0.39, 0.29) is 18.9 Å². The zero-order valence-corrected chi connectivity index (χ0v) is 11.5. The second-order valence-corrected chi connectivity index (χ2v) is 5.19. The molecule has 0 radical (unpaired) electrons. The molecule has 19 heavy (non-hydrogen) atoms. The van der Waals surface area contributed by atoms with Crippen LogP contribution in [0.25, 0.3) is 0 Å². The molecule has 0 bridgehead atoms. The number of rotatable bonds is 6. The van der Waals surface area contributed by atoms with Gasteiger partial charge in [-0.1, -0.05) is 17.7 Å². The topological polar surface area (TPSA) is 75.6 Å². The van der Waals surface area contributed by atoms with E-state index in [1.807, 2.05) is 0 Å². The second kappa shape index (κ2) is 6.43. The number of carboxylic acid groups (broad SMARTS) is 1. The summed E-state index contributed by atoms with van der Waals surface area (Å²) >= 11 is 5.78. The molecular formula is C13H16ClNO4. The standard InChI is InChI=1S/C13H16ClNO4/c1-13(2,7-12(17)18)15-11(16)8-19-10-5-3-4-9(14)6-10/h3-6H,7-8H2,1-2H3,(H,15,16)(H,17,18). The Balaban J connectivity index is 2.46. The molecule has 0 fully saturated rings. The van der Waals surface area contributed by atoms with Crippen LogP contribution in [0.15, 0.2) is 24.3 Å². The number of carboxylic acids is 1. The Morgan fingerprint density at radius 2 is 2.11 bits per heavy atom. The monoisotopic (exact) mass is 285 g/mol. The van der Waals surface area contributed by atoms with E-state index in [1.165, 1.54) is 0 Å². The Labute approximate surface area is 116 Å². The number of amides is 1. The van der Waals surface area contributed by atoms with E-state index in [0.29, 0.717) is 10.8 Å². The molecule has 0 aliphatic carbocycles. The predicted octanol–water partition coefficient (Wildman–Crippen LogP) is 2.09. The van der Waals surface area contributed by atoms with E-state index < -0.39 is 11.5 Å².